The number of carbonyl (C=O) groups excluding carboxylic acids is 1. The first-order valence-electron chi connectivity index (χ1n) is 9.92. The summed E-state index contributed by atoms with van der Waals surface area (Å²) in [5.74, 6) is -0.129. The maximum atomic E-state index is 13.3. The number of likely N-dealkylation sites (tertiary alicyclic amines) is 1. The van der Waals surface area contributed by atoms with Crippen molar-refractivity contribution >= 4 is 11.6 Å². The minimum atomic E-state index is -0.269. The molecule has 3 rings (SSSR count). The largest absolute Gasteiger partial charge is 0.309 e. The maximum absolute atomic E-state index is 13.3. The smallest absolute Gasteiger partial charge is 0.227 e. The van der Waals surface area contributed by atoms with Crippen LogP contribution in [-0.4, -0.2) is 29.9 Å². The number of hydrogen-bond acceptors (Lipinski definition) is 2. The van der Waals surface area contributed by atoms with Crippen LogP contribution in [0.2, 0.25) is 0 Å². The van der Waals surface area contributed by atoms with Gasteiger partial charge in [0.05, 0.1) is 0 Å². The van der Waals surface area contributed by atoms with Crippen LogP contribution in [-0.2, 0) is 11.3 Å². The highest BCUT2D eigenvalue weighted by Crippen LogP contribution is 2.26. The van der Waals surface area contributed by atoms with Crippen LogP contribution in [0.25, 0.3) is 0 Å². The van der Waals surface area contributed by atoms with Gasteiger partial charge in [-0.2, -0.15) is 0 Å². The molecule has 0 saturated carbocycles. The Balaban J connectivity index is 1.65. The molecule has 0 unspecified atom stereocenters. The molecule has 0 atom stereocenters. The van der Waals surface area contributed by atoms with E-state index in [0.717, 1.165) is 44.6 Å². The van der Waals surface area contributed by atoms with E-state index in [1.165, 1.54) is 23.3 Å². The first-order valence-corrected chi connectivity index (χ1v) is 9.92. The van der Waals surface area contributed by atoms with E-state index in [1.807, 2.05) is 11.8 Å². The van der Waals surface area contributed by atoms with Crippen molar-refractivity contribution in [2.45, 2.75) is 52.1 Å². The summed E-state index contributed by atoms with van der Waals surface area (Å²) in [7, 11) is 0. The van der Waals surface area contributed by atoms with Gasteiger partial charge in [0.2, 0.25) is 5.91 Å². The number of nitrogens with zero attached hydrogens (tertiary/aromatic N) is 2. The molecule has 0 aliphatic carbocycles. The molecule has 2 aromatic rings. The van der Waals surface area contributed by atoms with Crippen molar-refractivity contribution in [3.05, 3.63) is 65.5 Å². The Bertz CT molecular complexity index is 734. The molecule has 1 aliphatic heterocycles. The summed E-state index contributed by atoms with van der Waals surface area (Å²) >= 11 is 0. The van der Waals surface area contributed by atoms with Crippen molar-refractivity contribution in [3.8, 4) is 0 Å². The van der Waals surface area contributed by atoms with Crippen LogP contribution in [0, 0.1) is 12.7 Å². The Hall–Kier alpha value is -2.20. The molecule has 1 aliphatic rings. The Morgan fingerprint density at radius 2 is 1.70 bits per heavy atom. The first kappa shape index (κ1) is 19.6. The van der Waals surface area contributed by atoms with E-state index in [0.29, 0.717) is 6.42 Å². The number of rotatable bonds is 6. The third kappa shape index (κ3) is 5.16. The molecule has 0 radical (unpaired) electrons. The lowest BCUT2D eigenvalue weighted by Gasteiger charge is -2.38. The highest BCUT2D eigenvalue weighted by atomic mass is 19.1. The molecule has 0 spiro atoms. The van der Waals surface area contributed by atoms with Crippen molar-refractivity contribution in [1.82, 2.24) is 4.90 Å². The summed E-state index contributed by atoms with van der Waals surface area (Å²) in [5, 5.41) is 0. The monoisotopic (exact) mass is 368 g/mol. The van der Waals surface area contributed by atoms with E-state index >= 15 is 0 Å². The second-order valence-corrected chi connectivity index (χ2v) is 7.48. The topological polar surface area (TPSA) is 23.6 Å². The molecule has 0 bridgehead atoms. The molecule has 3 nitrogen and oxygen atoms in total. The summed E-state index contributed by atoms with van der Waals surface area (Å²) in [6.07, 6.45) is 3.24. The molecule has 2 aromatic carbocycles. The summed E-state index contributed by atoms with van der Waals surface area (Å²) < 4.78 is 13.3. The van der Waals surface area contributed by atoms with E-state index < -0.39 is 0 Å². The number of amides is 1. The number of hydrogen-bond donors (Lipinski definition) is 0. The second-order valence-electron chi connectivity index (χ2n) is 7.48. The summed E-state index contributed by atoms with van der Waals surface area (Å²) in [6, 6.07) is 15.2. The Kier molecular flexibility index (Phi) is 6.62. The molecule has 1 saturated heterocycles. The average molecular weight is 368 g/mol. The van der Waals surface area contributed by atoms with Gasteiger partial charge in [0, 0.05) is 37.8 Å². The van der Waals surface area contributed by atoms with Gasteiger partial charge in [-0.15, -0.1) is 0 Å². The Labute approximate surface area is 161 Å². The number of aryl methyl sites for hydroxylation is 1. The molecule has 27 heavy (non-hydrogen) atoms. The van der Waals surface area contributed by atoms with Gasteiger partial charge in [-0.05, 0) is 56.0 Å². The van der Waals surface area contributed by atoms with Crippen LogP contribution in [0.1, 0.15) is 43.7 Å². The van der Waals surface area contributed by atoms with Crippen LogP contribution in [0.5, 0.6) is 0 Å². The number of anilines is 1. The Morgan fingerprint density at radius 3 is 2.30 bits per heavy atom. The van der Waals surface area contributed by atoms with Crippen molar-refractivity contribution < 1.29 is 9.18 Å². The number of piperidine rings is 1. The van der Waals surface area contributed by atoms with Crippen molar-refractivity contribution in [3.63, 3.8) is 0 Å². The predicted molar refractivity (Wildman–Crippen MR) is 108 cm³/mol. The average Bonchev–Trinajstić information content (AvgIpc) is 2.67. The van der Waals surface area contributed by atoms with Gasteiger partial charge in [-0.25, -0.2) is 4.39 Å². The van der Waals surface area contributed by atoms with Crippen LogP contribution in [0.15, 0.2) is 48.5 Å². The van der Waals surface area contributed by atoms with Gasteiger partial charge in [0.1, 0.15) is 5.82 Å². The predicted octanol–water partition coefficient (Wildman–Crippen LogP) is 4.93. The molecule has 4 heteroatoms. The summed E-state index contributed by atoms with van der Waals surface area (Å²) in [6.45, 7) is 7.01. The zero-order valence-corrected chi connectivity index (χ0v) is 16.3. The highest BCUT2D eigenvalue weighted by molar-refractivity contribution is 5.93. The van der Waals surface area contributed by atoms with Crippen molar-refractivity contribution in [2.24, 2.45) is 0 Å². The van der Waals surface area contributed by atoms with Gasteiger partial charge in [0.15, 0.2) is 0 Å². The summed E-state index contributed by atoms with van der Waals surface area (Å²) in [5.41, 5.74) is 3.42. The zero-order valence-electron chi connectivity index (χ0n) is 16.3. The number of halogens is 1. The number of benzene rings is 2. The van der Waals surface area contributed by atoms with E-state index in [4.69, 9.17) is 0 Å². The molecular formula is C23H29FN2O. The van der Waals surface area contributed by atoms with E-state index in [1.54, 1.807) is 12.1 Å². The molecular weight excluding hydrogens is 339 g/mol. The second kappa shape index (κ2) is 9.14. The minimum Gasteiger partial charge on any atom is -0.309 e. The fraction of sp³-hybridized carbons (Fsp3) is 0.435. The zero-order chi connectivity index (χ0) is 19.2. The van der Waals surface area contributed by atoms with Gasteiger partial charge in [0.25, 0.3) is 0 Å². The first-order chi connectivity index (χ1) is 13.1. The molecule has 0 N–H and O–H groups in total. The molecule has 0 aromatic heterocycles. The molecule has 144 valence electrons. The lowest BCUT2D eigenvalue weighted by atomic mass is 10.0. The SMILES string of the molecule is CCCC(=O)N(c1ccc(F)cc1)C1CCN(Cc2ccc(C)cc2)CC1. The van der Waals surface area contributed by atoms with Gasteiger partial charge >= 0.3 is 0 Å². The third-order valence-corrected chi connectivity index (χ3v) is 5.29. The van der Waals surface area contributed by atoms with Crippen LogP contribution in [0.3, 0.4) is 0 Å². The summed E-state index contributed by atoms with van der Waals surface area (Å²) in [4.78, 5) is 17.1. The minimum absolute atomic E-state index is 0.140. The molecule has 1 amide bonds. The standard InChI is InChI=1S/C23H29FN2O/c1-3-4-23(27)26(21-11-9-20(24)10-12-21)22-13-15-25(16-14-22)17-19-7-5-18(2)6-8-19/h5-12,22H,3-4,13-17H2,1-2H3. The highest BCUT2D eigenvalue weighted by Gasteiger charge is 2.28. The quantitative estimate of drug-likeness (QED) is 0.722. The van der Waals surface area contributed by atoms with Crippen molar-refractivity contribution in [1.29, 1.82) is 0 Å². The Morgan fingerprint density at radius 1 is 1.07 bits per heavy atom. The number of carbonyl (C=O) groups is 1. The van der Waals surface area contributed by atoms with Gasteiger partial charge in [-0.3, -0.25) is 9.69 Å². The lowest BCUT2D eigenvalue weighted by molar-refractivity contribution is -0.119. The van der Waals surface area contributed by atoms with E-state index in [2.05, 4.69) is 36.1 Å². The normalized spacial score (nSPS) is 15.7. The van der Waals surface area contributed by atoms with Crippen LogP contribution < -0.4 is 4.90 Å². The van der Waals surface area contributed by atoms with Crippen molar-refractivity contribution in [2.75, 3.05) is 18.0 Å². The molecule has 1 fully saturated rings. The van der Waals surface area contributed by atoms with Gasteiger partial charge < -0.3 is 4.90 Å². The van der Waals surface area contributed by atoms with E-state index in [9.17, 15) is 9.18 Å². The van der Waals surface area contributed by atoms with Crippen LogP contribution in [0.4, 0.5) is 10.1 Å². The fourth-order valence-electron chi connectivity index (χ4n) is 3.78. The van der Waals surface area contributed by atoms with E-state index in [-0.39, 0.29) is 17.8 Å². The van der Waals surface area contributed by atoms with Gasteiger partial charge in [-0.1, -0.05) is 36.8 Å². The van der Waals surface area contributed by atoms with Crippen LogP contribution >= 0.6 is 0 Å². The maximum Gasteiger partial charge on any atom is 0.227 e. The molecule has 1 heterocycles. The fourth-order valence-corrected chi connectivity index (χ4v) is 3.78. The third-order valence-electron chi connectivity index (χ3n) is 5.29. The lowest BCUT2D eigenvalue weighted by Crippen LogP contribution is -2.47.